The van der Waals surface area contributed by atoms with Gasteiger partial charge in [-0.15, -0.1) is 0 Å². The van der Waals surface area contributed by atoms with E-state index in [0.29, 0.717) is 31.8 Å². The lowest BCUT2D eigenvalue weighted by molar-refractivity contribution is -0.143. The first kappa shape index (κ1) is 23.2. The number of anilines is 1. The zero-order chi connectivity index (χ0) is 23.5. The van der Waals surface area contributed by atoms with E-state index < -0.39 is 18.2 Å². The van der Waals surface area contributed by atoms with Crippen LogP contribution in [0.4, 0.5) is 10.2 Å². The van der Waals surface area contributed by atoms with Crippen molar-refractivity contribution in [1.29, 1.82) is 0 Å². The van der Waals surface area contributed by atoms with Gasteiger partial charge in [-0.3, -0.25) is 14.7 Å². The maximum absolute atomic E-state index is 15.1. The molecule has 2 aliphatic heterocycles. The zero-order valence-corrected chi connectivity index (χ0v) is 19.8. The number of unbranched alkanes of at least 4 members (excludes halogenated alkanes) is 1. The van der Waals surface area contributed by atoms with E-state index in [2.05, 4.69) is 22.4 Å². The van der Waals surface area contributed by atoms with Gasteiger partial charge in [-0.2, -0.15) is 0 Å². The number of pyridine rings is 2. The first-order valence-corrected chi connectivity index (χ1v) is 12.9. The Morgan fingerprint density at radius 1 is 1.24 bits per heavy atom. The summed E-state index contributed by atoms with van der Waals surface area (Å²) >= 11 is 0. The van der Waals surface area contributed by atoms with Crippen LogP contribution in [-0.4, -0.2) is 51.7 Å². The van der Waals surface area contributed by atoms with Gasteiger partial charge in [0.2, 0.25) is 0 Å². The van der Waals surface area contributed by atoms with E-state index in [9.17, 15) is 9.90 Å². The summed E-state index contributed by atoms with van der Waals surface area (Å²) in [6.07, 6.45) is 9.08. The molecule has 2 aromatic rings. The predicted octanol–water partition coefficient (Wildman–Crippen LogP) is 4.91. The smallest absolute Gasteiger partial charge is 0.325 e. The molecule has 182 valence electrons. The average molecular weight is 467 g/mol. The van der Waals surface area contributed by atoms with Crippen LogP contribution in [0.3, 0.4) is 0 Å². The Hall–Kier alpha value is -2.54. The topological polar surface area (TPSA) is 78.3 Å². The van der Waals surface area contributed by atoms with Gasteiger partial charge in [0.25, 0.3) is 0 Å². The number of fused-ring (bicyclic) bond motifs is 1. The minimum Gasteiger partial charge on any atom is -0.480 e. The predicted molar refractivity (Wildman–Crippen MR) is 130 cm³/mol. The first-order chi connectivity index (χ1) is 16.6. The number of carboxylic acid groups (broad SMARTS) is 1. The van der Waals surface area contributed by atoms with E-state index in [1.165, 1.54) is 5.56 Å². The zero-order valence-electron chi connectivity index (χ0n) is 19.8. The van der Waals surface area contributed by atoms with Crippen molar-refractivity contribution in [3.05, 3.63) is 53.0 Å². The lowest BCUT2D eigenvalue weighted by atomic mass is 9.97. The molecule has 7 heteroatoms. The third kappa shape index (κ3) is 5.24. The summed E-state index contributed by atoms with van der Waals surface area (Å²) < 4.78 is 15.1. The van der Waals surface area contributed by atoms with Crippen molar-refractivity contribution in [2.24, 2.45) is 5.92 Å². The van der Waals surface area contributed by atoms with Gasteiger partial charge >= 0.3 is 5.97 Å². The summed E-state index contributed by atoms with van der Waals surface area (Å²) in [6.45, 7) is 2.10. The molecule has 6 nitrogen and oxygen atoms in total. The molecule has 4 heterocycles. The number of aryl methyl sites for hydroxylation is 2. The number of nitrogens with zero attached hydrogens (tertiary/aromatic N) is 3. The molecule has 2 fully saturated rings. The van der Waals surface area contributed by atoms with Crippen LogP contribution < -0.4 is 5.32 Å². The van der Waals surface area contributed by atoms with Gasteiger partial charge < -0.3 is 10.4 Å². The molecule has 0 aromatic carbocycles. The highest BCUT2D eigenvalue weighted by Gasteiger charge is 2.39. The number of likely N-dealkylation sites (tertiary alicyclic amines) is 1. The molecule has 2 aromatic heterocycles. The SMILES string of the molecule is O=C(O)C(c1cccnc1C1CC1)N1CCC(C(F)CCCCc2ccc3c(n2)NCCC3)C1. The van der Waals surface area contributed by atoms with E-state index in [0.717, 1.165) is 74.3 Å². The maximum atomic E-state index is 15.1. The standard InChI is InChI=1S/C27H35FN4O2/c28-23(8-2-1-6-21-12-11-19-5-3-15-30-26(19)31-21)20-13-16-32(17-20)25(27(33)34)22-7-4-14-29-24(22)18-9-10-18/h4,7,11-12,14,18,20,23,25H,1-3,5-6,8-10,13,15-17H2,(H,30,31)(H,33,34). The molecule has 1 aliphatic carbocycles. The number of rotatable bonds is 10. The monoisotopic (exact) mass is 466 g/mol. The number of carbonyl (C=O) groups is 1. The van der Waals surface area contributed by atoms with Gasteiger partial charge in [0.05, 0.1) is 0 Å². The molecule has 2 N–H and O–H groups in total. The second kappa shape index (κ2) is 10.4. The van der Waals surface area contributed by atoms with Crippen molar-refractivity contribution in [2.75, 3.05) is 25.0 Å². The van der Waals surface area contributed by atoms with Crippen LogP contribution in [0.2, 0.25) is 0 Å². The van der Waals surface area contributed by atoms with Crippen LogP contribution >= 0.6 is 0 Å². The van der Waals surface area contributed by atoms with Crippen molar-refractivity contribution < 1.29 is 14.3 Å². The van der Waals surface area contributed by atoms with Gasteiger partial charge in [-0.05, 0) is 75.6 Å². The third-order valence-electron chi connectivity index (χ3n) is 7.61. The van der Waals surface area contributed by atoms with Crippen LogP contribution in [0.1, 0.15) is 79.4 Å². The summed E-state index contributed by atoms with van der Waals surface area (Å²) in [6, 6.07) is 7.25. The van der Waals surface area contributed by atoms with Crippen molar-refractivity contribution in [2.45, 2.75) is 75.9 Å². The van der Waals surface area contributed by atoms with E-state index in [-0.39, 0.29) is 5.92 Å². The van der Waals surface area contributed by atoms with Crippen LogP contribution in [0.5, 0.6) is 0 Å². The largest absolute Gasteiger partial charge is 0.480 e. The molecular weight excluding hydrogens is 431 g/mol. The molecule has 0 radical (unpaired) electrons. The summed E-state index contributed by atoms with van der Waals surface area (Å²) in [5.74, 6) is 0.433. The third-order valence-corrected chi connectivity index (χ3v) is 7.61. The Labute approximate surface area is 201 Å². The highest BCUT2D eigenvalue weighted by Crippen LogP contribution is 2.43. The fraction of sp³-hybridized carbons (Fsp3) is 0.593. The highest BCUT2D eigenvalue weighted by molar-refractivity contribution is 5.76. The first-order valence-electron chi connectivity index (χ1n) is 12.9. The highest BCUT2D eigenvalue weighted by atomic mass is 19.1. The number of halogens is 1. The van der Waals surface area contributed by atoms with Crippen molar-refractivity contribution in [3.63, 3.8) is 0 Å². The van der Waals surface area contributed by atoms with Crippen LogP contribution in [0, 0.1) is 5.92 Å². The molecule has 3 unspecified atom stereocenters. The van der Waals surface area contributed by atoms with E-state index in [1.807, 2.05) is 17.0 Å². The van der Waals surface area contributed by atoms with E-state index >= 15 is 4.39 Å². The van der Waals surface area contributed by atoms with Gasteiger partial charge in [0.15, 0.2) is 0 Å². The second-order valence-corrected chi connectivity index (χ2v) is 10.1. The van der Waals surface area contributed by atoms with Crippen LogP contribution in [0.25, 0.3) is 0 Å². The van der Waals surface area contributed by atoms with Crippen molar-refractivity contribution in [3.8, 4) is 0 Å². The number of hydrogen-bond donors (Lipinski definition) is 2. The Morgan fingerprint density at radius 3 is 2.94 bits per heavy atom. The normalized spacial score (nSPS) is 22.1. The fourth-order valence-electron chi connectivity index (χ4n) is 5.58. The molecule has 0 amide bonds. The Bertz CT molecular complexity index is 1010. The van der Waals surface area contributed by atoms with E-state index in [1.54, 1.807) is 6.20 Å². The summed E-state index contributed by atoms with van der Waals surface area (Å²) in [7, 11) is 0. The second-order valence-electron chi connectivity index (χ2n) is 10.1. The molecule has 5 rings (SSSR count). The number of nitrogens with one attached hydrogen (secondary N) is 1. The minimum absolute atomic E-state index is 0.103. The lowest BCUT2D eigenvalue weighted by Crippen LogP contribution is -2.34. The molecule has 34 heavy (non-hydrogen) atoms. The molecule has 0 bridgehead atoms. The number of carboxylic acids is 1. The molecular formula is C27H35FN4O2. The molecule has 1 saturated heterocycles. The minimum atomic E-state index is -0.894. The fourth-order valence-corrected chi connectivity index (χ4v) is 5.58. The quantitative estimate of drug-likeness (QED) is 0.485. The average Bonchev–Trinajstić information content (AvgIpc) is 3.59. The lowest BCUT2D eigenvalue weighted by Gasteiger charge is -2.26. The Morgan fingerprint density at radius 2 is 2.12 bits per heavy atom. The van der Waals surface area contributed by atoms with E-state index in [4.69, 9.17) is 4.98 Å². The van der Waals surface area contributed by atoms with Crippen LogP contribution in [0.15, 0.2) is 30.5 Å². The Kier molecular flexibility index (Phi) is 7.09. The Balaban J connectivity index is 1.12. The van der Waals surface area contributed by atoms with Gasteiger partial charge in [0, 0.05) is 48.1 Å². The van der Waals surface area contributed by atoms with Crippen molar-refractivity contribution in [1.82, 2.24) is 14.9 Å². The number of alkyl halides is 1. The van der Waals surface area contributed by atoms with Gasteiger partial charge in [0.1, 0.15) is 18.0 Å². The number of aromatic nitrogens is 2. The summed E-state index contributed by atoms with van der Waals surface area (Å²) in [5, 5.41) is 13.4. The maximum Gasteiger partial charge on any atom is 0.325 e. The van der Waals surface area contributed by atoms with Crippen molar-refractivity contribution >= 4 is 11.8 Å². The molecule has 1 saturated carbocycles. The summed E-state index contributed by atoms with van der Waals surface area (Å²) in [5.41, 5.74) is 4.07. The van der Waals surface area contributed by atoms with Gasteiger partial charge in [-0.25, -0.2) is 9.37 Å². The number of aliphatic carboxylic acids is 1. The molecule has 0 spiro atoms. The molecule has 3 aliphatic rings. The number of hydrogen-bond acceptors (Lipinski definition) is 5. The van der Waals surface area contributed by atoms with Crippen LogP contribution in [-0.2, 0) is 17.6 Å². The molecule has 3 atom stereocenters. The summed E-state index contributed by atoms with van der Waals surface area (Å²) in [4.78, 5) is 23.4. The van der Waals surface area contributed by atoms with Gasteiger partial charge in [-0.1, -0.05) is 18.6 Å².